The molecule has 0 bridgehead atoms. The minimum absolute atomic E-state index is 0.214. The van der Waals surface area contributed by atoms with E-state index in [0.717, 1.165) is 29.9 Å². The summed E-state index contributed by atoms with van der Waals surface area (Å²) in [6.45, 7) is 2.76. The van der Waals surface area contributed by atoms with Gasteiger partial charge < -0.3 is 9.88 Å². The molecule has 1 aromatic carbocycles. The smallest absolute Gasteiger partial charge is 0.125 e. The molecule has 0 saturated heterocycles. The molecule has 0 atom stereocenters. The number of aromatic nitrogens is 2. The predicted molar refractivity (Wildman–Crippen MR) is 70.3 cm³/mol. The van der Waals surface area contributed by atoms with Crippen LogP contribution >= 0.6 is 0 Å². The van der Waals surface area contributed by atoms with Crippen LogP contribution in [0, 0.1) is 5.82 Å². The first-order valence-electron chi connectivity index (χ1n) is 6.21. The van der Waals surface area contributed by atoms with E-state index >= 15 is 0 Å². The number of benzene rings is 1. The summed E-state index contributed by atoms with van der Waals surface area (Å²) in [4.78, 5) is 4.31. The fourth-order valence-electron chi connectivity index (χ4n) is 2.06. The second-order valence-electron chi connectivity index (χ2n) is 4.31. The third kappa shape index (κ3) is 2.76. The van der Waals surface area contributed by atoms with Gasteiger partial charge in [0.15, 0.2) is 0 Å². The lowest BCUT2D eigenvalue weighted by Crippen LogP contribution is -2.07. The Bertz CT molecular complexity index is 520. The van der Waals surface area contributed by atoms with Crippen LogP contribution < -0.4 is 5.32 Å². The van der Waals surface area contributed by atoms with Gasteiger partial charge in [0.2, 0.25) is 0 Å². The van der Waals surface area contributed by atoms with Gasteiger partial charge in [0.1, 0.15) is 11.6 Å². The first-order chi connectivity index (χ1) is 8.74. The molecule has 2 rings (SSSR count). The fraction of sp³-hybridized carbons (Fsp3) is 0.357. The van der Waals surface area contributed by atoms with Gasteiger partial charge in [-0.25, -0.2) is 9.37 Å². The summed E-state index contributed by atoms with van der Waals surface area (Å²) in [6, 6.07) is 5.08. The van der Waals surface area contributed by atoms with Gasteiger partial charge in [-0.1, -0.05) is 6.92 Å². The maximum Gasteiger partial charge on any atom is 0.125 e. The maximum absolute atomic E-state index is 13.6. The zero-order chi connectivity index (χ0) is 13.0. The fourth-order valence-corrected chi connectivity index (χ4v) is 2.06. The number of aryl methyl sites for hydroxylation is 1. The highest BCUT2D eigenvalue weighted by Crippen LogP contribution is 2.16. The Kier molecular flexibility index (Phi) is 4.10. The van der Waals surface area contributed by atoms with E-state index in [-0.39, 0.29) is 5.82 Å². The Hall–Kier alpha value is -1.68. The lowest BCUT2D eigenvalue weighted by Gasteiger charge is -2.10. The third-order valence-corrected chi connectivity index (χ3v) is 2.79. The molecule has 1 aromatic heterocycles. The summed E-state index contributed by atoms with van der Waals surface area (Å²) in [5, 5.41) is 3.03. The summed E-state index contributed by atoms with van der Waals surface area (Å²) in [5.41, 5.74) is 1.77. The highest BCUT2D eigenvalue weighted by molar-refractivity contribution is 5.38. The summed E-state index contributed by atoms with van der Waals surface area (Å²) in [6.07, 6.45) is 5.55. The Morgan fingerprint density at radius 2 is 2.17 bits per heavy atom. The molecule has 0 aliphatic carbocycles. The Labute approximate surface area is 107 Å². The van der Waals surface area contributed by atoms with Crippen LogP contribution in [0.1, 0.15) is 24.7 Å². The van der Waals surface area contributed by atoms with Gasteiger partial charge in [-0.15, -0.1) is 0 Å². The van der Waals surface area contributed by atoms with E-state index < -0.39 is 0 Å². The number of nitrogens with zero attached hydrogens (tertiary/aromatic N) is 2. The van der Waals surface area contributed by atoms with Crippen LogP contribution in [0.15, 0.2) is 30.6 Å². The molecular formula is C14H18FN3. The molecule has 96 valence electrons. The van der Waals surface area contributed by atoms with Gasteiger partial charge in [0, 0.05) is 31.0 Å². The number of imidazole rings is 1. The Balaban J connectivity index is 2.39. The topological polar surface area (TPSA) is 29.9 Å². The van der Waals surface area contributed by atoms with Crippen LogP contribution in [0.3, 0.4) is 0 Å². The first-order valence-corrected chi connectivity index (χ1v) is 6.21. The van der Waals surface area contributed by atoms with Gasteiger partial charge in [-0.3, -0.25) is 0 Å². The number of rotatable bonds is 5. The average molecular weight is 247 g/mol. The Morgan fingerprint density at radius 3 is 2.89 bits per heavy atom. The molecule has 0 saturated carbocycles. The predicted octanol–water partition coefficient (Wildman–Crippen LogP) is 2.68. The molecule has 2 aromatic rings. The standard InChI is InChI=1S/C14H18FN3/c1-3-4-14-17-5-6-18(14)13-8-11(10-16-2)7-12(15)9-13/h5-9,16H,3-4,10H2,1-2H3. The first kappa shape index (κ1) is 12.8. The molecule has 1 heterocycles. The minimum Gasteiger partial charge on any atom is -0.316 e. The molecule has 0 spiro atoms. The van der Waals surface area contributed by atoms with Crippen LogP contribution in [0.4, 0.5) is 4.39 Å². The number of hydrogen-bond acceptors (Lipinski definition) is 2. The number of hydrogen-bond donors (Lipinski definition) is 1. The van der Waals surface area contributed by atoms with Crippen LogP contribution in [-0.4, -0.2) is 16.6 Å². The van der Waals surface area contributed by atoms with Crippen molar-refractivity contribution < 1.29 is 4.39 Å². The molecule has 0 amide bonds. The molecule has 0 radical (unpaired) electrons. The summed E-state index contributed by atoms with van der Waals surface area (Å²) in [7, 11) is 1.85. The molecule has 0 aliphatic heterocycles. The zero-order valence-electron chi connectivity index (χ0n) is 10.8. The lowest BCUT2D eigenvalue weighted by molar-refractivity contribution is 0.621. The van der Waals surface area contributed by atoms with Crippen molar-refractivity contribution in [2.75, 3.05) is 7.05 Å². The quantitative estimate of drug-likeness (QED) is 0.880. The van der Waals surface area contributed by atoms with Crippen molar-refractivity contribution in [2.45, 2.75) is 26.3 Å². The van der Waals surface area contributed by atoms with Crippen molar-refractivity contribution in [3.8, 4) is 5.69 Å². The molecule has 4 heteroatoms. The average Bonchev–Trinajstić information content (AvgIpc) is 2.77. The van der Waals surface area contributed by atoms with Crippen molar-refractivity contribution in [3.63, 3.8) is 0 Å². The van der Waals surface area contributed by atoms with Crippen LogP contribution in [0.5, 0.6) is 0 Å². The largest absolute Gasteiger partial charge is 0.316 e. The van der Waals surface area contributed by atoms with Crippen molar-refractivity contribution in [1.82, 2.24) is 14.9 Å². The van der Waals surface area contributed by atoms with E-state index in [0.29, 0.717) is 6.54 Å². The van der Waals surface area contributed by atoms with E-state index in [1.165, 1.54) is 0 Å². The highest BCUT2D eigenvalue weighted by atomic mass is 19.1. The highest BCUT2D eigenvalue weighted by Gasteiger charge is 2.07. The minimum atomic E-state index is -0.214. The van der Waals surface area contributed by atoms with Crippen LogP contribution in [0.2, 0.25) is 0 Å². The molecule has 3 nitrogen and oxygen atoms in total. The van der Waals surface area contributed by atoms with Crippen LogP contribution in [0.25, 0.3) is 5.69 Å². The zero-order valence-corrected chi connectivity index (χ0v) is 10.8. The molecule has 0 unspecified atom stereocenters. The van der Waals surface area contributed by atoms with E-state index in [4.69, 9.17) is 0 Å². The van der Waals surface area contributed by atoms with Gasteiger partial charge in [0.25, 0.3) is 0 Å². The van der Waals surface area contributed by atoms with Crippen molar-refractivity contribution in [1.29, 1.82) is 0 Å². The second kappa shape index (κ2) is 5.78. The molecule has 1 N–H and O–H groups in total. The number of halogens is 1. The summed E-state index contributed by atoms with van der Waals surface area (Å²) >= 11 is 0. The Morgan fingerprint density at radius 1 is 1.33 bits per heavy atom. The van der Waals surface area contributed by atoms with E-state index in [9.17, 15) is 4.39 Å². The maximum atomic E-state index is 13.6. The van der Waals surface area contributed by atoms with Gasteiger partial charge in [0.05, 0.1) is 0 Å². The van der Waals surface area contributed by atoms with Gasteiger partial charge in [-0.05, 0) is 37.2 Å². The third-order valence-electron chi connectivity index (χ3n) is 2.79. The normalized spacial score (nSPS) is 10.8. The SMILES string of the molecule is CCCc1nccn1-c1cc(F)cc(CNC)c1. The van der Waals surface area contributed by atoms with Crippen LogP contribution in [-0.2, 0) is 13.0 Å². The summed E-state index contributed by atoms with van der Waals surface area (Å²) < 4.78 is 15.5. The van der Waals surface area contributed by atoms with Gasteiger partial charge in [-0.2, -0.15) is 0 Å². The molecule has 18 heavy (non-hydrogen) atoms. The van der Waals surface area contributed by atoms with E-state index in [1.54, 1.807) is 18.3 Å². The van der Waals surface area contributed by atoms with E-state index in [2.05, 4.69) is 17.2 Å². The van der Waals surface area contributed by atoms with Gasteiger partial charge >= 0.3 is 0 Å². The number of nitrogens with one attached hydrogen (secondary N) is 1. The monoisotopic (exact) mass is 247 g/mol. The summed E-state index contributed by atoms with van der Waals surface area (Å²) in [5.74, 6) is 0.757. The second-order valence-corrected chi connectivity index (χ2v) is 4.31. The van der Waals surface area contributed by atoms with Crippen molar-refractivity contribution in [2.24, 2.45) is 0 Å². The van der Waals surface area contributed by atoms with Crippen molar-refractivity contribution in [3.05, 3.63) is 47.8 Å². The van der Waals surface area contributed by atoms with Crippen molar-refractivity contribution >= 4 is 0 Å². The van der Waals surface area contributed by atoms with E-state index in [1.807, 2.05) is 23.9 Å². The molecule has 0 aliphatic rings. The molecular weight excluding hydrogens is 229 g/mol. The molecule has 0 fully saturated rings. The lowest BCUT2D eigenvalue weighted by atomic mass is 10.2.